The molecule has 0 saturated carbocycles. The van der Waals surface area contributed by atoms with Gasteiger partial charge in [0.25, 0.3) is 0 Å². The van der Waals surface area contributed by atoms with Crippen molar-refractivity contribution in [2.75, 3.05) is 5.73 Å². The Morgan fingerprint density at radius 2 is 2.06 bits per heavy atom. The Kier molecular flexibility index (Phi) is 2.87. The highest BCUT2D eigenvalue weighted by Gasteiger charge is 2.16. The van der Waals surface area contributed by atoms with Crippen LogP contribution in [0.15, 0.2) is 36.7 Å². The molecule has 0 aliphatic carbocycles. The Morgan fingerprint density at radius 1 is 1.29 bits per heavy atom. The number of pyridine rings is 1. The first-order valence-corrected chi connectivity index (χ1v) is 5.10. The summed E-state index contributed by atoms with van der Waals surface area (Å²) in [5.41, 5.74) is 7.32. The zero-order valence-electron chi connectivity index (χ0n) is 9.27. The average molecular weight is 230 g/mol. The van der Waals surface area contributed by atoms with Crippen molar-refractivity contribution in [3.05, 3.63) is 59.2 Å². The van der Waals surface area contributed by atoms with Gasteiger partial charge in [0.05, 0.1) is 11.8 Å². The molecule has 1 aromatic heterocycles. The Morgan fingerprint density at radius 3 is 2.76 bits per heavy atom. The van der Waals surface area contributed by atoms with Crippen molar-refractivity contribution in [2.45, 2.75) is 6.92 Å². The Bertz CT molecular complexity index is 581. The van der Waals surface area contributed by atoms with Crippen LogP contribution in [0.5, 0.6) is 0 Å². The van der Waals surface area contributed by atoms with Crippen LogP contribution in [0.1, 0.15) is 21.5 Å². The maximum absolute atomic E-state index is 13.4. The fourth-order valence-electron chi connectivity index (χ4n) is 1.60. The average Bonchev–Trinajstić information content (AvgIpc) is 2.32. The Hall–Kier alpha value is -2.23. The second kappa shape index (κ2) is 4.33. The van der Waals surface area contributed by atoms with Gasteiger partial charge in [0.15, 0.2) is 11.6 Å². The largest absolute Gasteiger partial charge is 0.398 e. The summed E-state index contributed by atoms with van der Waals surface area (Å²) in [5.74, 6) is -1.01. The summed E-state index contributed by atoms with van der Waals surface area (Å²) in [6.45, 7) is 1.74. The molecule has 17 heavy (non-hydrogen) atoms. The summed E-state index contributed by atoms with van der Waals surface area (Å²) >= 11 is 0. The molecule has 0 radical (unpaired) electrons. The van der Waals surface area contributed by atoms with E-state index in [-0.39, 0.29) is 11.3 Å². The van der Waals surface area contributed by atoms with E-state index >= 15 is 0 Å². The van der Waals surface area contributed by atoms with Crippen LogP contribution in [-0.2, 0) is 0 Å². The number of nitrogens with two attached hydrogens (primary N) is 1. The SMILES string of the molecule is Cc1c(N)cccc1C(=O)c1ccncc1F. The molecular weight excluding hydrogens is 219 g/mol. The first kappa shape index (κ1) is 11.3. The normalized spacial score (nSPS) is 10.2. The number of rotatable bonds is 2. The maximum atomic E-state index is 13.4. The molecule has 0 atom stereocenters. The monoisotopic (exact) mass is 230 g/mol. The predicted molar refractivity (Wildman–Crippen MR) is 63.2 cm³/mol. The Balaban J connectivity index is 2.52. The summed E-state index contributed by atoms with van der Waals surface area (Å²) < 4.78 is 13.4. The van der Waals surface area contributed by atoms with Gasteiger partial charge in [-0.25, -0.2) is 4.39 Å². The first-order valence-electron chi connectivity index (χ1n) is 5.10. The highest BCUT2D eigenvalue weighted by molar-refractivity contribution is 6.10. The lowest BCUT2D eigenvalue weighted by molar-refractivity contribution is 0.103. The number of hydrogen-bond donors (Lipinski definition) is 1. The smallest absolute Gasteiger partial charge is 0.196 e. The zero-order valence-corrected chi connectivity index (χ0v) is 9.27. The number of ketones is 1. The van der Waals surface area contributed by atoms with Gasteiger partial charge in [-0.15, -0.1) is 0 Å². The molecule has 0 unspecified atom stereocenters. The van der Waals surface area contributed by atoms with Gasteiger partial charge in [-0.2, -0.15) is 0 Å². The molecule has 0 fully saturated rings. The van der Waals surface area contributed by atoms with E-state index in [2.05, 4.69) is 4.98 Å². The molecule has 2 N–H and O–H groups in total. The van der Waals surface area contributed by atoms with E-state index in [9.17, 15) is 9.18 Å². The van der Waals surface area contributed by atoms with Gasteiger partial charge >= 0.3 is 0 Å². The molecule has 0 bridgehead atoms. The second-order valence-corrected chi connectivity index (χ2v) is 3.70. The minimum Gasteiger partial charge on any atom is -0.398 e. The standard InChI is InChI=1S/C13H11FN2O/c1-8-9(3-2-4-12(8)15)13(17)10-5-6-16-7-11(10)14/h2-7H,15H2,1H3. The molecule has 0 spiro atoms. The van der Waals surface area contributed by atoms with E-state index in [0.717, 1.165) is 6.20 Å². The van der Waals surface area contributed by atoms with Crippen molar-refractivity contribution in [3.8, 4) is 0 Å². The van der Waals surface area contributed by atoms with Crippen LogP contribution in [-0.4, -0.2) is 10.8 Å². The summed E-state index contributed by atoms with van der Waals surface area (Å²) in [5, 5.41) is 0. The van der Waals surface area contributed by atoms with E-state index in [0.29, 0.717) is 16.8 Å². The van der Waals surface area contributed by atoms with Crippen molar-refractivity contribution in [3.63, 3.8) is 0 Å². The van der Waals surface area contributed by atoms with Crippen LogP contribution < -0.4 is 5.73 Å². The summed E-state index contributed by atoms with van der Waals surface area (Å²) in [7, 11) is 0. The van der Waals surface area contributed by atoms with Gasteiger partial charge in [-0.05, 0) is 24.6 Å². The third-order valence-electron chi connectivity index (χ3n) is 2.64. The van der Waals surface area contributed by atoms with Crippen molar-refractivity contribution in [2.24, 2.45) is 0 Å². The summed E-state index contributed by atoms with van der Waals surface area (Å²) in [6, 6.07) is 6.37. The number of carbonyl (C=O) groups is 1. The van der Waals surface area contributed by atoms with Gasteiger partial charge < -0.3 is 5.73 Å². The lowest BCUT2D eigenvalue weighted by Gasteiger charge is -2.07. The zero-order chi connectivity index (χ0) is 12.4. The predicted octanol–water partition coefficient (Wildman–Crippen LogP) is 2.34. The topological polar surface area (TPSA) is 56.0 Å². The fourth-order valence-corrected chi connectivity index (χ4v) is 1.60. The molecule has 1 heterocycles. The molecule has 0 aliphatic heterocycles. The highest BCUT2D eigenvalue weighted by Crippen LogP contribution is 2.20. The van der Waals surface area contributed by atoms with Crippen LogP contribution in [0.2, 0.25) is 0 Å². The minimum atomic E-state index is -0.626. The molecule has 86 valence electrons. The van der Waals surface area contributed by atoms with Crippen molar-refractivity contribution in [1.82, 2.24) is 4.98 Å². The van der Waals surface area contributed by atoms with E-state index in [1.165, 1.54) is 12.3 Å². The first-order chi connectivity index (χ1) is 8.11. The third-order valence-corrected chi connectivity index (χ3v) is 2.64. The van der Waals surface area contributed by atoms with Gasteiger partial charge in [-0.3, -0.25) is 9.78 Å². The maximum Gasteiger partial charge on any atom is 0.196 e. The quantitative estimate of drug-likeness (QED) is 0.636. The third kappa shape index (κ3) is 2.01. The van der Waals surface area contributed by atoms with E-state index < -0.39 is 5.82 Å². The number of anilines is 1. The molecule has 2 rings (SSSR count). The number of hydrogen-bond acceptors (Lipinski definition) is 3. The molecule has 0 amide bonds. The molecule has 0 aliphatic rings. The lowest BCUT2D eigenvalue weighted by Crippen LogP contribution is -2.07. The van der Waals surface area contributed by atoms with Crippen molar-refractivity contribution in [1.29, 1.82) is 0 Å². The molecule has 1 aromatic carbocycles. The van der Waals surface area contributed by atoms with Crippen LogP contribution >= 0.6 is 0 Å². The van der Waals surface area contributed by atoms with Crippen LogP contribution in [0.4, 0.5) is 10.1 Å². The van der Waals surface area contributed by atoms with Crippen LogP contribution in [0.25, 0.3) is 0 Å². The summed E-state index contributed by atoms with van der Waals surface area (Å²) in [6.07, 6.45) is 2.41. The molecule has 0 saturated heterocycles. The number of benzene rings is 1. The number of nitrogen functional groups attached to an aromatic ring is 1. The lowest BCUT2D eigenvalue weighted by atomic mass is 9.98. The molecular formula is C13H11FN2O. The van der Waals surface area contributed by atoms with E-state index in [1.54, 1.807) is 25.1 Å². The van der Waals surface area contributed by atoms with Gasteiger partial charge in [0.1, 0.15) is 0 Å². The minimum absolute atomic E-state index is 0.00806. The van der Waals surface area contributed by atoms with Crippen LogP contribution in [0.3, 0.4) is 0 Å². The number of halogens is 1. The van der Waals surface area contributed by atoms with Gasteiger partial charge in [0, 0.05) is 17.4 Å². The second-order valence-electron chi connectivity index (χ2n) is 3.70. The number of nitrogens with zero attached hydrogens (tertiary/aromatic N) is 1. The van der Waals surface area contributed by atoms with Crippen LogP contribution in [0, 0.1) is 12.7 Å². The van der Waals surface area contributed by atoms with E-state index in [1.807, 2.05) is 0 Å². The number of aromatic nitrogens is 1. The summed E-state index contributed by atoms with van der Waals surface area (Å²) in [4.78, 5) is 15.7. The molecule has 2 aromatic rings. The Labute approximate surface area is 98.1 Å². The van der Waals surface area contributed by atoms with Crippen molar-refractivity contribution >= 4 is 11.5 Å². The van der Waals surface area contributed by atoms with Gasteiger partial charge in [0.2, 0.25) is 0 Å². The van der Waals surface area contributed by atoms with Gasteiger partial charge in [-0.1, -0.05) is 12.1 Å². The molecule has 3 nitrogen and oxygen atoms in total. The van der Waals surface area contributed by atoms with Crippen molar-refractivity contribution < 1.29 is 9.18 Å². The number of carbonyl (C=O) groups excluding carboxylic acids is 1. The van der Waals surface area contributed by atoms with E-state index in [4.69, 9.17) is 5.73 Å². The fraction of sp³-hybridized carbons (Fsp3) is 0.0769. The highest BCUT2D eigenvalue weighted by atomic mass is 19.1. The molecule has 4 heteroatoms.